The minimum absolute atomic E-state index is 0.221. The van der Waals surface area contributed by atoms with Gasteiger partial charge in [-0.2, -0.15) is 0 Å². The van der Waals surface area contributed by atoms with Gasteiger partial charge < -0.3 is 9.80 Å². The average molecular weight is 903 g/mol. The highest BCUT2D eigenvalue weighted by Crippen LogP contribution is 2.62. The van der Waals surface area contributed by atoms with Crippen LogP contribution in [-0.4, -0.2) is 0 Å². The van der Waals surface area contributed by atoms with E-state index in [9.17, 15) is 0 Å². The lowest BCUT2D eigenvalue weighted by Gasteiger charge is -2.31. The number of aryl methyl sites for hydroxylation is 3. The Bertz CT molecular complexity index is 3800. The minimum atomic E-state index is -0.252. The smallest absolute Gasteiger partial charge is 0.0543 e. The summed E-state index contributed by atoms with van der Waals surface area (Å²) in [5.41, 5.74) is 26.8. The van der Waals surface area contributed by atoms with Crippen molar-refractivity contribution in [3.63, 3.8) is 0 Å². The molecule has 3 aliphatic rings. The molecule has 3 aliphatic carbocycles. The van der Waals surface area contributed by atoms with E-state index >= 15 is 0 Å². The largest absolute Gasteiger partial charge is 0.310 e. The van der Waals surface area contributed by atoms with Crippen molar-refractivity contribution in [2.45, 2.75) is 78.6 Å². The molecule has 0 spiro atoms. The monoisotopic (exact) mass is 902 g/mol. The van der Waals surface area contributed by atoms with Gasteiger partial charge in [0, 0.05) is 49.8 Å². The van der Waals surface area contributed by atoms with Gasteiger partial charge in [-0.1, -0.05) is 163 Å². The van der Waals surface area contributed by atoms with Gasteiger partial charge in [-0.05, 0) is 182 Å². The standard InChI is InChI=1S/C68H58N2/c1-41-23-13-20-32-59(41)69(44-26-11-10-12-27-44)62-39-57-64(47-30-18-16-28-45(47)62)51-37-53-49(35-55(51)67(57,6)7)50-36-56-52(38-54(50)66(53,4)5)65-48-31-19-17-29-46(48)63(40-58(65)68(56,8)9)70(60-33-21-14-24-42(60)2)61-34-22-15-25-43(61)3/h10-40H,1-9H3. The van der Waals surface area contributed by atoms with E-state index in [1.807, 2.05) is 0 Å². The van der Waals surface area contributed by atoms with E-state index in [-0.39, 0.29) is 16.2 Å². The fraction of sp³-hybridized carbons (Fsp3) is 0.176. The fourth-order valence-electron chi connectivity index (χ4n) is 13.0. The van der Waals surface area contributed by atoms with Gasteiger partial charge >= 0.3 is 0 Å². The molecule has 0 atom stereocenters. The number of benzene rings is 10. The van der Waals surface area contributed by atoms with Crippen molar-refractivity contribution in [2.24, 2.45) is 0 Å². The van der Waals surface area contributed by atoms with Crippen LogP contribution in [0.5, 0.6) is 0 Å². The average Bonchev–Trinajstić information content (AvgIpc) is 3.83. The normalized spacial score (nSPS) is 15.0. The Morgan fingerprint density at radius 1 is 0.271 bits per heavy atom. The van der Waals surface area contributed by atoms with E-state index in [1.165, 1.54) is 133 Å². The highest BCUT2D eigenvalue weighted by molar-refractivity contribution is 6.13. The summed E-state index contributed by atoms with van der Waals surface area (Å²) < 4.78 is 0. The minimum Gasteiger partial charge on any atom is -0.310 e. The molecule has 70 heavy (non-hydrogen) atoms. The summed E-state index contributed by atoms with van der Waals surface area (Å²) in [5.74, 6) is 0. The van der Waals surface area contributed by atoms with E-state index < -0.39 is 0 Å². The molecule has 13 rings (SSSR count). The number of fused-ring (bicyclic) bond motifs is 13. The molecule has 0 N–H and O–H groups in total. The number of para-hydroxylation sites is 4. The zero-order chi connectivity index (χ0) is 48.0. The van der Waals surface area contributed by atoms with E-state index in [1.54, 1.807) is 0 Å². The van der Waals surface area contributed by atoms with Crippen LogP contribution >= 0.6 is 0 Å². The van der Waals surface area contributed by atoms with Crippen LogP contribution in [-0.2, 0) is 16.2 Å². The SMILES string of the molecule is Cc1ccccc1N(c1ccccc1)c1cc2c(c3ccccc13)-c1cc3c(cc1C2(C)C)-c1cc2c(cc1C3(C)C)-c1c(cc(N(c3ccccc3C)c3ccccc3C)c3ccccc13)C2(C)C. The topological polar surface area (TPSA) is 6.48 Å². The molecule has 340 valence electrons. The maximum absolute atomic E-state index is 2.60. The summed E-state index contributed by atoms with van der Waals surface area (Å²) in [6, 6.07) is 71.0. The molecule has 0 bridgehead atoms. The molecule has 2 nitrogen and oxygen atoms in total. The highest BCUT2D eigenvalue weighted by Gasteiger charge is 2.46. The molecule has 0 amide bonds. The molecule has 0 unspecified atom stereocenters. The van der Waals surface area contributed by atoms with Crippen molar-refractivity contribution in [3.05, 3.63) is 238 Å². The molecule has 0 aromatic heterocycles. The molecule has 0 saturated carbocycles. The van der Waals surface area contributed by atoms with Crippen LogP contribution < -0.4 is 9.80 Å². The summed E-state index contributed by atoms with van der Waals surface area (Å²) in [6.45, 7) is 21.4. The quantitative estimate of drug-likeness (QED) is 0.164. The predicted octanol–water partition coefficient (Wildman–Crippen LogP) is 18.8. The zero-order valence-corrected chi connectivity index (χ0v) is 41.8. The van der Waals surface area contributed by atoms with Crippen LogP contribution in [0.25, 0.3) is 54.9 Å². The van der Waals surface area contributed by atoms with Gasteiger partial charge in [0.2, 0.25) is 0 Å². The molecule has 0 aliphatic heterocycles. The first kappa shape index (κ1) is 42.4. The number of rotatable bonds is 6. The van der Waals surface area contributed by atoms with E-state index in [2.05, 4.69) is 260 Å². The first-order chi connectivity index (χ1) is 33.8. The summed E-state index contributed by atoms with van der Waals surface area (Å²) in [7, 11) is 0. The summed E-state index contributed by atoms with van der Waals surface area (Å²) in [4.78, 5) is 4.99. The van der Waals surface area contributed by atoms with Crippen LogP contribution in [0, 0.1) is 20.8 Å². The van der Waals surface area contributed by atoms with E-state index in [4.69, 9.17) is 0 Å². The lowest BCUT2D eigenvalue weighted by atomic mass is 9.78. The zero-order valence-electron chi connectivity index (χ0n) is 41.8. The second kappa shape index (κ2) is 14.9. The van der Waals surface area contributed by atoms with Crippen LogP contribution in [0.3, 0.4) is 0 Å². The van der Waals surface area contributed by atoms with Crippen LogP contribution in [0.15, 0.2) is 188 Å². The third kappa shape index (κ3) is 5.80. The third-order valence-corrected chi connectivity index (χ3v) is 16.8. The van der Waals surface area contributed by atoms with Crippen molar-refractivity contribution in [1.29, 1.82) is 0 Å². The molecular weight excluding hydrogens is 845 g/mol. The van der Waals surface area contributed by atoms with Gasteiger partial charge in [-0.3, -0.25) is 0 Å². The van der Waals surface area contributed by atoms with Gasteiger partial charge in [-0.15, -0.1) is 0 Å². The first-order valence-electron chi connectivity index (χ1n) is 25.1. The Morgan fingerprint density at radius 3 is 1.01 bits per heavy atom. The summed E-state index contributed by atoms with van der Waals surface area (Å²) >= 11 is 0. The van der Waals surface area contributed by atoms with E-state index in [0.29, 0.717) is 0 Å². The maximum atomic E-state index is 2.60. The van der Waals surface area contributed by atoms with Gasteiger partial charge in [0.25, 0.3) is 0 Å². The molecule has 0 saturated heterocycles. The maximum Gasteiger partial charge on any atom is 0.0543 e. The Hall–Kier alpha value is -7.68. The second-order valence-corrected chi connectivity index (χ2v) is 21.9. The summed E-state index contributed by atoms with van der Waals surface area (Å²) in [6.07, 6.45) is 0. The Morgan fingerprint density at radius 2 is 0.586 bits per heavy atom. The van der Waals surface area contributed by atoms with Crippen molar-refractivity contribution < 1.29 is 0 Å². The van der Waals surface area contributed by atoms with Crippen LogP contribution in [0.4, 0.5) is 34.1 Å². The van der Waals surface area contributed by atoms with Gasteiger partial charge in [-0.25, -0.2) is 0 Å². The highest BCUT2D eigenvalue weighted by atomic mass is 15.2. The molecular formula is C68H58N2. The predicted molar refractivity (Wildman–Crippen MR) is 298 cm³/mol. The number of nitrogens with zero attached hydrogens (tertiary/aromatic N) is 2. The molecule has 10 aromatic carbocycles. The van der Waals surface area contributed by atoms with Crippen molar-refractivity contribution in [2.75, 3.05) is 9.80 Å². The molecule has 0 fully saturated rings. The van der Waals surface area contributed by atoms with Crippen molar-refractivity contribution >= 4 is 55.7 Å². The van der Waals surface area contributed by atoms with Gasteiger partial charge in [0.05, 0.1) is 11.4 Å². The van der Waals surface area contributed by atoms with Crippen molar-refractivity contribution in [3.8, 4) is 33.4 Å². The summed E-state index contributed by atoms with van der Waals surface area (Å²) in [5, 5.41) is 5.13. The molecule has 0 heterocycles. The lowest BCUT2D eigenvalue weighted by Crippen LogP contribution is -2.18. The van der Waals surface area contributed by atoms with E-state index in [0.717, 1.165) is 5.69 Å². The first-order valence-corrected chi connectivity index (χ1v) is 25.1. The van der Waals surface area contributed by atoms with Crippen LogP contribution in [0.2, 0.25) is 0 Å². The Labute approximate surface area is 413 Å². The number of hydrogen-bond acceptors (Lipinski definition) is 2. The lowest BCUT2D eigenvalue weighted by molar-refractivity contribution is 0.649. The molecule has 10 aromatic rings. The Kier molecular flexibility index (Phi) is 9.04. The van der Waals surface area contributed by atoms with Crippen molar-refractivity contribution in [1.82, 2.24) is 0 Å². The Balaban J connectivity index is 0.995. The number of hydrogen-bond donors (Lipinski definition) is 0. The van der Waals surface area contributed by atoms with Gasteiger partial charge in [0.1, 0.15) is 0 Å². The van der Waals surface area contributed by atoms with Gasteiger partial charge in [0.15, 0.2) is 0 Å². The molecule has 2 heteroatoms. The third-order valence-electron chi connectivity index (χ3n) is 16.8. The van der Waals surface area contributed by atoms with Crippen LogP contribution in [0.1, 0.15) is 91.6 Å². The fourth-order valence-corrected chi connectivity index (χ4v) is 13.0. The second-order valence-electron chi connectivity index (χ2n) is 21.9. The number of anilines is 6. The molecule has 0 radical (unpaired) electrons.